The maximum atomic E-state index is 15.0. The van der Waals surface area contributed by atoms with Crippen LogP contribution >= 0.6 is 0 Å². The lowest BCUT2D eigenvalue weighted by molar-refractivity contribution is 0.0147. The van der Waals surface area contributed by atoms with Gasteiger partial charge in [-0.3, -0.25) is 0 Å². The molecule has 8 rings (SSSR count). The smallest absolute Gasteiger partial charge is 0.339 e. The lowest BCUT2D eigenvalue weighted by Gasteiger charge is -2.54. The number of nitrogens with zero attached hydrogens (tertiary/aromatic N) is 1. The van der Waals surface area contributed by atoms with Crippen LogP contribution < -0.4 is 0 Å². The van der Waals surface area contributed by atoms with Gasteiger partial charge < -0.3 is 4.74 Å². The van der Waals surface area contributed by atoms with Crippen molar-refractivity contribution in [1.29, 1.82) is 0 Å². The molecule has 0 fully saturated rings. The minimum Gasteiger partial charge on any atom is -0.441 e. The number of rotatable bonds is 8. The predicted octanol–water partition coefficient (Wildman–Crippen LogP) is 9.41. The maximum absolute atomic E-state index is 15.0. The van der Waals surface area contributed by atoms with Gasteiger partial charge in [0.2, 0.25) is 10.0 Å². The molecule has 0 spiro atoms. The fourth-order valence-electron chi connectivity index (χ4n) is 7.49. The van der Waals surface area contributed by atoms with E-state index in [1.807, 2.05) is 159 Å². The highest BCUT2D eigenvalue weighted by molar-refractivity contribution is 7.89. The molecule has 1 heterocycles. The number of hydrogen-bond donors (Lipinski definition) is 0. The first-order valence-electron chi connectivity index (χ1n) is 17.0. The first-order valence-corrected chi connectivity index (χ1v) is 18.4. The number of aryl methyl sites for hydroxylation is 1. The molecule has 5 nitrogen and oxygen atoms in total. The van der Waals surface area contributed by atoms with Crippen LogP contribution in [-0.2, 0) is 20.4 Å². The van der Waals surface area contributed by atoms with Gasteiger partial charge >= 0.3 is 5.97 Å². The molecule has 1 aliphatic heterocycles. The van der Waals surface area contributed by atoms with Gasteiger partial charge in [-0.25, -0.2) is 13.2 Å². The van der Waals surface area contributed by atoms with Crippen LogP contribution in [0.5, 0.6) is 0 Å². The Kier molecular flexibility index (Phi) is 8.34. The average Bonchev–Trinajstić information content (AvgIpc) is 3.18. The molecule has 0 amide bonds. The van der Waals surface area contributed by atoms with Crippen LogP contribution in [-0.4, -0.2) is 25.2 Å². The van der Waals surface area contributed by atoms with Gasteiger partial charge in [0.05, 0.1) is 16.5 Å². The quantitative estimate of drug-likeness (QED) is 0.150. The van der Waals surface area contributed by atoms with Crippen LogP contribution in [0.25, 0.3) is 11.1 Å². The van der Waals surface area contributed by atoms with Gasteiger partial charge in [-0.2, -0.15) is 4.31 Å². The van der Waals surface area contributed by atoms with Crippen LogP contribution in [0.1, 0.15) is 44.2 Å². The van der Waals surface area contributed by atoms with Crippen LogP contribution in [0.15, 0.2) is 192 Å². The average molecular weight is 686 g/mol. The number of fused-ring (bicyclic) bond motifs is 1. The Morgan fingerprint density at radius 2 is 1.14 bits per heavy atom. The Balaban J connectivity index is 1.49. The molecule has 0 N–H and O–H groups in total. The lowest BCUT2D eigenvalue weighted by Crippen LogP contribution is -2.52. The van der Waals surface area contributed by atoms with E-state index in [9.17, 15) is 13.2 Å². The van der Waals surface area contributed by atoms with E-state index in [1.54, 1.807) is 28.6 Å². The molecule has 2 aliphatic rings. The fourth-order valence-corrected chi connectivity index (χ4v) is 9.04. The van der Waals surface area contributed by atoms with E-state index < -0.39 is 27.6 Å². The van der Waals surface area contributed by atoms with Gasteiger partial charge in [0, 0.05) is 23.3 Å². The van der Waals surface area contributed by atoms with Gasteiger partial charge in [0.1, 0.15) is 0 Å². The van der Waals surface area contributed by atoms with E-state index in [2.05, 4.69) is 0 Å². The topological polar surface area (TPSA) is 63.7 Å². The molecule has 6 aromatic rings. The number of esters is 1. The van der Waals surface area contributed by atoms with Gasteiger partial charge in [0.15, 0.2) is 5.60 Å². The second-order valence-corrected chi connectivity index (χ2v) is 14.7. The first-order chi connectivity index (χ1) is 24.9. The van der Waals surface area contributed by atoms with Crippen molar-refractivity contribution in [3.05, 3.63) is 220 Å². The molecule has 0 bridgehead atoms. The van der Waals surface area contributed by atoms with Crippen LogP contribution in [0, 0.1) is 6.92 Å². The SMILES string of the molecule is Cc1ccc(S(=O)(=O)N2CC3=C(c4ccccc4)[C@@](OC(=O)c4ccccc4)(c4ccccc4)C3=C(c3ccccc3)[C@@H]2c2ccccc2)cc1. The number of ether oxygens (including phenoxy) is 1. The molecule has 250 valence electrons. The monoisotopic (exact) mass is 685 g/mol. The van der Waals surface area contributed by atoms with Crippen LogP contribution in [0.4, 0.5) is 0 Å². The molecule has 0 saturated heterocycles. The zero-order valence-electron chi connectivity index (χ0n) is 28.0. The van der Waals surface area contributed by atoms with Crippen LogP contribution in [0.3, 0.4) is 0 Å². The van der Waals surface area contributed by atoms with Crippen molar-refractivity contribution < 1.29 is 17.9 Å². The van der Waals surface area contributed by atoms with Gasteiger partial charge in [-0.15, -0.1) is 0 Å². The standard InChI is InChI=1S/C45H35NO4S/c1-32-27-29-38(30-28-32)51(48,49)46-31-39-41(34-19-9-3-10-20-34)45(37-25-15-6-16-26-37,50-44(47)36-23-13-5-14-24-36)42(39)40(33-17-7-2-8-18-33)43(46)35-21-11-4-12-22-35/h2-30,43H,31H2,1H3/t43-,45-/m0/s1. The zero-order valence-corrected chi connectivity index (χ0v) is 28.8. The summed E-state index contributed by atoms with van der Waals surface area (Å²) in [5, 5.41) is 0. The molecule has 2 atom stereocenters. The molecule has 0 saturated carbocycles. The molecular formula is C45H35NO4S. The number of carbonyl (C=O) groups excluding carboxylic acids is 1. The molecular weight excluding hydrogens is 651 g/mol. The fraction of sp³-hybridized carbons (Fsp3) is 0.0889. The second kappa shape index (κ2) is 13.1. The van der Waals surface area contributed by atoms with Crippen molar-refractivity contribution >= 4 is 27.1 Å². The lowest BCUT2D eigenvalue weighted by atomic mass is 9.58. The highest BCUT2D eigenvalue weighted by Crippen LogP contribution is 2.65. The highest BCUT2D eigenvalue weighted by atomic mass is 32.2. The molecule has 0 aromatic heterocycles. The molecule has 1 aliphatic carbocycles. The van der Waals surface area contributed by atoms with E-state index >= 15 is 0 Å². The minimum atomic E-state index is -4.06. The third-order valence-corrected chi connectivity index (χ3v) is 11.6. The number of carbonyl (C=O) groups is 1. The van der Waals surface area contributed by atoms with Crippen molar-refractivity contribution in [2.75, 3.05) is 6.54 Å². The Morgan fingerprint density at radius 1 is 0.627 bits per heavy atom. The highest BCUT2D eigenvalue weighted by Gasteiger charge is 2.60. The van der Waals surface area contributed by atoms with Crippen LogP contribution in [0.2, 0.25) is 0 Å². The summed E-state index contributed by atoms with van der Waals surface area (Å²) in [6.07, 6.45) is 0. The summed E-state index contributed by atoms with van der Waals surface area (Å²) in [5.41, 5.74) is 6.45. The predicted molar refractivity (Wildman–Crippen MR) is 201 cm³/mol. The number of hydrogen-bond acceptors (Lipinski definition) is 4. The minimum absolute atomic E-state index is 0.0726. The number of sulfonamides is 1. The summed E-state index contributed by atoms with van der Waals surface area (Å²) in [6.45, 7) is 2.01. The summed E-state index contributed by atoms with van der Waals surface area (Å²) in [4.78, 5) is 14.6. The third-order valence-electron chi connectivity index (χ3n) is 9.78. The Labute approximate surface area is 298 Å². The Bertz CT molecular complexity index is 2380. The van der Waals surface area contributed by atoms with E-state index in [0.29, 0.717) is 5.56 Å². The Morgan fingerprint density at radius 3 is 1.73 bits per heavy atom. The van der Waals surface area contributed by atoms with Crippen molar-refractivity contribution in [1.82, 2.24) is 4.31 Å². The molecule has 0 unspecified atom stereocenters. The normalized spacial score (nSPS) is 18.9. The van der Waals surface area contributed by atoms with E-state index in [1.165, 1.54) is 0 Å². The van der Waals surface area contributed by atoms with Crippen molar-refractivity contribution in [3.63, 3.8) is 0 Å². The summed E-state index contributed by atoms with van der Waals surface area (Å²) in [5.74, 6) is -0.474. The third kappa shape index (κ3) is 5.53. The van der Waals surface area contributed by atoms with Gasteiger partial charge in [-0.1, -0.05) is 157 Å². The summed E-state index contributed by atoms with van der Waals surface area (Å²) >= 11 is 0. The van der Waals surface area contributed by atoms with E-state index in [4.69, 9.17) is 4.74 Å². The molecule has 6 aromatic carbocycles. The van der Waals surface area contributed by atoms with Gasteiger partial charge in [-0.05, 0) is 59.0 Å². The summed E-state index contributed by atoms with van der Waals surface area (Å²) in [6, 6.07) is 54.5. The zero-order chi connectivity index (χ0) is 35.0. The van der Waals surface area contributed by atoms with Crippen molar-refractivity contribution in [3.8, 4) is 0 Å². The van der Waals surface area contributed by atoms with E-state index in [0.717, 1.165) is 50.1 Å². The Hall–Kier alpha value is -5.82. The van der Waals surface area contributed by atoms with E-state index in [-0.39, 0.29) is 11.4 Å². The first kappa shape index (κ1) is 32.4. The number of benzene rings is 6. The molecule has 0 radical (unpaired) electrons. The summed E-state index contributed by atoms with van der Waals surface area (Å²) in [7, 11) is -4.06. The molecule has 6 heteroatoms. The summed E-state index contributed by atoms with van der Waals surface area (Å²) < 4.78 is 38.5. The largest absolute Gasteiger partial charge is 0.441 e. The van der Waals surface area contributed by atoms with Crippen molar-refractivity contribution in [2.45, 2.75) is 23.5 Å². The maximum Gasteiger partial charge on any atom is 0.339 e. The van der Waals surface area contributed by atoms with Gasteiger partial charge in [0.25, 0.3) is 0 Å². The second-order valence-electron chi connectivity index (χ2n) is 12.9. The molecule has 51 heavy (non-hydrogen) atoms. The van der Waals surface area contributed by atoms with Crippen molar-refractivity contribution in [2.24, 2.45) is 0 Å².